The molecule has 1 atom stereocenters. The summed E-state index contributed by atoms with van der Waals surface area (Å²) in [5.41, 5.74) is 1.08. The molecule has 0 N–H and O–H groups in total. The Morgan fingerprint density at radius 3 is 2.33 bits per heavy atom. The van der Waals surface area contributed by atoms with Crippen LogP contribution < -0.4 is 0 Å². The molecule has 1 aliphatic rings. The minimum atomic E-state index is 0.362. The first-order valence-corrected chi connectivity index (χ1v) is 6.51. The smallest absolute Gasteiger partial charge is 0.160 e. The standard InChI is InChI=1S/C9H14OS2/c1-6-4-5-7(10)8(6)9(11-2)12-3/h6H,4-5H2,1-3H3. The SMILES string of the molecule is CSC(SC)=C1C(=O)CCC1C. The molecule has 1 nitrogen and oxygen atoms in total. The lowest BCUT2D eigenvalue weighted by atomic mass is 10.1. The second-order valence-corrected chi connectivity index (χ2v) is 4.86. The van der Waals surface area contributed by atoms with Gasteiger partial charge in [-0.15, -0.1) is 23.5 Å². The van der Waals surface area contributed by atoms with Crippen LogP contribution >= 0.6 is 23.5 Å². The van der Waals surface area contributed by atoms with E-state index in [1.165, 1.54) is 4.24 Å². The minimum Gasteiger partial charge on any atom is -0.294 e. The third-order valence-electron chi connectivity index (χ3n) is 2.19. The molecular weight excluding hydrogens is 188 g/mol. The Morgan fingerprint density at radius 1 is 1.42 bits per heavy atom. The van der Waals surface area contributed by atoms with Gasteiger partial charge in [0.15, 0.2) is 5.78 Å². The van der Waals surface area contributed by atoms with Crippen LogP contribution in [0.5, 0.6) is 0 Å². The molecule has 1 saturated carbocycles. The van der Waals surface area contributed by atoms with E-state index in [4.69, 9.17) is 0 Å². The topological polar surface area (TPSA) is 17.1 Å². The molecule has 0 bridgehead atoms. The van der Waals surface area contributed by atoms with Crippen molar-refractivity contribution in [2.75, 3.05) is 12.5 Å². The number of Topliss-reactive ketones (excluding diaryl/α,β-unsaturated/α-hetero) is 1. The van der Waals surface area contributed by atoms with E-state index >= 15 is 0 Å². The van der Waals surface area contributed by atoms with E-state index in [1.807, 2.05) is 12.5 Å². The summed E-state index contributed by atoms with van der Waals surface area (Å²) in [5.74, 6) is 0.841. The lowest BCUT2D eigenvalue weighted by Crippen LogP contribution is -1.99. The van der Waals surface area contributed by atoms with E-state index in [0.29, 0.717) is 11.7 Å². The molecule has 0 spiro atoms. The first-order valence-electron chi connectivity index (χ1n) is 4.06. The monoisotopic (exact) mass is 202 g/mol. The summed E-state index contributed by atoms with van der Waals surface area (Å²) >= 11 is 3.39. The van der Waals surface area contributed by atoms with E-state index in [2.05, 4.69) is 6.92 Å². The molecule has 0 aromatic carbocycles. The highest BCUT2D eigenvalue weighted by Gasteiger charge is 2.27. The maximum atomic E-state index is 11.5. The van der Waals surface area contributed by atoms with Crippen LogP contribution in [0.3, 0.4) is 0 Å². The number of hydrogen-bond donors (Lipinski definition) is 0. The van der Waals surface area contributed by atoms with E-state index < -0.39 is 0 Å². The number of rotatable bonds is 2. The molecule has 12 heavy (non-hydrogen) atoms. The summed E-state index contributed by atoms with van der Waals surface area (Å²) in [6.07, 6.45) is 5.87. The summed E-state index contributed by atoms with van der Waals surface area (Å²) in [6.45, 7) is 2.15. The summed E-state index contributed by atoms with van der Waals surface area (Å²) in [7, 11) is 0. The van der Waals surface area contributed by atoms with Crippen LogP contribution in [0.15, 0.2) is 9.81 Å². The largest absolute Gasteiger partial charge is 0.294 e. The van der Waals surface area contributed by atoms with Crippen molar-refractivity contribution in [1.82, 2.24) is 0 Å². The van der Waals surface area contributed by atoms with Crippen molar-refractivity contribution < 1.29 is 4.79 Å². The molecule has 0 amide bonds. The van der Waals surface area contributed by atoms with E-state index in [9.17, 15) is 4.79 Å². The molecule has 0 aliphatic heterocycles. The molecule has 1 fully saturated rings. The lowest BCUT2D eigenvalue weighted by Gasteiger charge is -2.08. The summed E-state index contributed by atoms with van der Waals surface area (Å²) < 4.78 is 1.21. The normalized spacial score (nSPS) is 23.4. The minimum absolute atomic E-state index is 0.362. The van der Waals surface area contributed by atoms with Gasteiger partial charge >= 0.3 is 0 Å². The summed E-state index contributed by atoms with van der Waals surface area (Å²) in [6, 6.07) is 0. The van der Waals surface area contributed by atoms with Crippen molar-refractivity contribution >= 4 is 29.3 Å². The Kier molecular flexibility index (Phi) is 3.72. The maximum Gasteiger partial charge on any atom is 0.160 e. The number of carbonyl (C=O) groups is 1. The van der Waals surface area contributed by atoms with Crippen molar-refractivity contribution in [3.63, 3.8) is 0 Å². The van der Waals surface area contributed by atoms with Crippen LogP contribution in [0.25, 0.3) is 0 Å². The van der Waals surface area contributed by atoms with Gasteiger partial charge in [-0.25, -0.2) is 0 Å². The first-order chi connectivity index (χ1) is 5.70. The van der Waals surface area contributed by atoms with Crippen molar-refractivity contribution in [3.8, 4) is 0 Å². The van der Waals surface area contributed by atoms with Crippen molar-refractivity contribution in [2.45, 2.75) is 19.8 Å². The predicted octanol–water partition coefficient (Wildman–Crippen LogP) is 2.92. The Labute approximate surface area is 82.4 Å². The van der Waals surface area contributed by atoms with Crippen LogP contribution in [0, 0.1) is 5.92 Å². The van der Waals surface area contributed by atoms with Crippen molar-refractivity contribution in [3.05, 3.63) is 9.81 Å². The van der Waals surface area contributed by atoms with Gasteiger partial charge in [-0.3, -0.25) is 4.79 Å². The van der Waals surface area contributed by atoms with Gasteiger partial charge in [0.25, 0.3) is 0 Å². The quantitative estimate of drug-likeness (QED) is 0.641. The van der Waals surface area contributed by atoms with Crippen LogP contribution in [0.1, 0.15) is 19.8 Å². The molecule has 1 rings (SSSR count). The first kappa shape index (κ1) is 10.2. The Morgan fingerprint density at radius 2 is 2.00 bits per heavy atom. The molecule has 0 aromatic rings. The number of allylic oxidation sites excluding steroid dienone is 1. The van der Waals surface area contributed by atoms with Crippen LogP contribution in [0.2, 0.25) is 0 Å². The lowest BCUT2D eigenvalue weighted by molar-refractivity contribution is -0.114. The molecule has 3 heteroatoms. The predicted molar refractivity (Wildman–Crippen MR) is 57.5 cm³/mol. The Bertz CT molecular complexity index is 215. The fourth-order valence-electron chi connectivity index (χ4n) is 1.52. The average molecular weight is 202 g/mol. The highest BCUT2D eigenvalue weighted by Crippen LogP contribution is 2.37. The zero-order chi connectivity index (χ0) is 9.14. The van der Waals surface area contributed by atoms with Gasteiger partial charge in [0.1, 0.15) is 0 Å². The van der Waals surface area contributed by atoms with Crippen molar-refractivity contribution in [2.24, 2.45) is 5.92 Å². The fraction of sp³-hybridized carbons (Fsp3) is 0.667. The molecule has 1 aliphatic carbocycles. The fourth-order valence-corrected chi connectivity index (χ4v) is 3.26. The van der Waals surface area contributed by atoms with E-state index in [-0.39, 0.29) is 0 Å². The van der Waals surface area contributed by atoms with Crippen molar-refractivity contribution in [1.29, 1.82) is 0 Å². The second kappa shape index (κ2) is 4.38. The van der Waals surface area contributed by atoms with Gasteiger partial charge in [-0.05, 0) is 24.9 Å². The molecule has 0 radical (unpaired) electrons. The third kappa shape index (κ3) is 1.88. The van der Waals surface area contributed by atoms with Gasteiger partial charge in [0.05, 0.1) is 0 Å². The van der Waals surface area contributed by atoms with E-state index in [1.54, 1.807) is 23.5 Å². The van der Waals surface area contributed by atoms with Crippen LogP contribution in [-0.2, 0) is 4.79 Å². The maximum absolute atomic E-state index is 11.5. The molecule has 1 unspecified atom stereocenters. The summed E-state index contributed by atoms with van der Waals surface area (Å²) in [5, 5.41) is 0. The molecule has 68 valence electrons. The average Bonchev–Trinajstić information content (AvgIpc) is 2.38. The van der Waals surface area contributed by atoms with Gasteiger partial charge in [0, 0.05) is 16.2 Å². The number of ketones is 1. The highest BCUT2D eigenvalue weighted by molar-refractivity contribution is 8.21. The highest BCUT2D eigenvalue weighted by atomic mass is 32.2. The van der Waals surface area contributed by atoms with E-state index in [0.717, 1.165) is 18.4 Å². The second-order valence-electron chi connectivity index (χ2n) is 2.97. The van der Waals surface area contributed by atoms with Gasteiger partial charge in [-0.2, -0.15) is 0 Å². The molecule has 0 saturated heterocycles. The number of hydrogen-bond acceptors (Lipinski definition) is 3. The van der Waals surface area contributed by atoms with Gasteiger partial charge in [-0.1, -0.05) is 6.92 Å². The number of carbonyl (C=O) groups excluding carboxylic acids is 1. The zero-order valence-corrected chi connectivity index (χ0v) is 9.35. The van der Waals surface area contributed by atoms with Crippen LogP contribution in [0.4, 0.5) is 0 Å². The Balaban J connectivity index is 2.95. The molecule has 0 heterocycles. The van der Waals surface area contributed by atoms with Crippen LogP contribution in [-0.4, -0.2) is 18.3 Å². The Hall–Kier alpha value is 0.110. The zero-order valence-electron chi connectivity index (χ0n) is 7.72. The van der Waals surface area contributed by atoms with Gasteiger partial charge < -0.3 is 0 Å². The number of thioether (sulfide) groups is 2. The third-order valence-corrected chi connectivity index (χ3v) is 4.37. The molecular formula is C9H14OS2. The molecule has 0 aromatic heterocycles. The summed E-state index contributed by atoms with van der Waals surface area (Å²) in [4.78, 5) is 11.5. The van der Waals surface area contributed by atoms with Gasteiger partial charge in [0.2, 0.25) is 0 Å².